The zero-order valence-electron chi connectivity index (χ0n) is 13.8. The molecule has 0 fully saturated rings. The van der Waals surface area contributed by atoms with Crippen LogP contribution in [0.15, 0.2) is 77.8 Å². The molecule has 0 aliphatic heterocycles. The van der Waals surface area contributed by atoms with Gasteiger partial charge in [0.15, 0.2) is 0 Å². The lowest BCUT2D eigenvalue weighted by atomic mass is 9.96. The average molecular weight is 303 g/mol. The van der Waals surface area contributed by atoms with Gasteiger partial charge in [-0.05, 0) is 35.0 Å². The molecule has 3 rings (SSSR count). The zero-order chi connectivity index (χ0) is 16.3. The van der Waals surface area contributed by atoms with Gasteiger partial charge in [0.2, 0.25) is 5.90 Å². The number of fused-ring (bicyclic) bond motifs is 1. The zero-order valence-corrected chi connectivity index (χ0v) is 13.8. The molecule has 3 aromatic rings. The van der Waals surface area contributed by atoms with Gasteiger partial charge in [-0.3, -0.25) is 0 Å². The fourth-order valence-corrected chi connectivity index (χ4v) is 2.31. The van der Waals surface area contributed by atoms with Crippen LogP contribution in [-0.2, 0) is 0 Å². The monoisotopic (exact) mass is 303 g/mol. The first-order chi connectivity index (χ1) is 11.0. The SMILES string of the molecule is CC(C)(C)C(=Nc1ccccc1)Oc1ccc2ccccc2c1. The first-order valence-corrected chi connectivity index (χ1v) is 7.83. The molecule has 3 aromatic carbocycles. The van der Waals surface area contributed by atoms with E-state index in [-0.39, 0.29) is 5.41 Å². The second kappa shape index (κ2) is 6.25. The maximum Gasteiger partial charge on any atom is 0.200 e. The molecular formula is C21H21NO. The Kier molecular flexibility index (Phi) is 4.16. The second-order valence-electron chi connectivity index (χ2n) is 6.61. The lowest BCUT2D eigenvalue weighted by Gasteiger charge is -2.21. The van der Waals surface area contributed by atoms with E-state index in [1.807, 2.05) is 48.5 Å². The molecule has 0 spiro atoms. The van der Waals surface area contributed by atoms with Gasteiger partial charge in [-0.25, -0.2) is 4.99 Å². The molecule has 0 radical (unpaired) electrons. The van der Waals surface area contributed by atoms with Crippen molar-refractivity contribution in [1.29, 1.82) is 0 Å². The summed E-state index contributed by atoms with van der Waals surface area (Å²) in [6.07, 6.45) is 0. The van der Waals surface area contributed by atoms with Crippen LogP contribution in [0, 0.1) is 5.41 Å². The van der Waals surface area contributed by atoms with Crippen molar-refractivity contribution >= 4 is 22.4 Å². The van der Waals surface area contributed by atoms with Crippen LogP contribution < -0.4 is 4.74 Å². The largest absolute Gasteiger partial charge is 0.442 e. The molecule has 0 bridgehead atoms. The van der Waals surface area contributed by atoms with Gasteiger partial charge in [-0.15, -0.1) is 0 Å². The van der Waals surface area contributed by atoms with Crippen LogP contribution in [0.3, 0.4) is 0 Å². The minimum Gasteiger partial charge on any atom is -0.442 e. The number of hydrogen-bond acceptors (Lipinski definition) is 2. The molecule has 0 amide bonds. The second-order valence-corrected chi connectivity index (χ2v) is 6.61. The summed E-state index contributed by atoms with van der Waals surface area (Å²) in [6, 6.07) is 24.3. The minimum atomic E-state index is -0.179. The third-order valence-electron chi connectivity index (χ3n) is 3.56. The van der Waals surface area contributed by atoms with Crippen molar-refractivity contribution in [2.45, 2.75) is 20.8 Å². The highest BCUT2D eigenvalue weighted by atomic mass is 16.5. The summed E-state index contributed by atoms with van der Waals surface area (Å²) < 4.78 is 6.14. The van der Waals surface area contributed by atoms with Crippen LogP contribution in [0.25, 0.3) is 10.8 Å². The van der Waals surface area contributed by atoms with Crippen molar-refractivity contribution in [3.63, 3.8) is 0 Å². The third kappa shape index (κ3) is 3.78. The summed E-state index contributed by atoms with van der Waals surface area (Å²) in [4.78, 5) is 4.70. The number of rotatable bonds is 2. The van der Waals surface area contributed by atoms with Crippen LogP contribution in [-0.4, -0.2) is 5.90 Å². The molecule has 2 heteroatoms. The minimum absolute atomic E-state index is 0.179. The number of para-hydroxylation sites is 1. The lowest BCUT2D eigenvalue weighted by molar-refractivity contribution is 0.434. The summed E-state index contributed by atoms with van der Waals surface area (Å²) in [5, 5.41) is 2.37. The van der Waals surface area contributed by atoms with E-state index in [1.54, 1.807) is 0 Å². The van der Waals surface area contributed by atoms with Gasteiger partial charge in [-0.1, -0.05) is 69.3 Å². The predicted molar refractivity (Wildman–Crippen MR) is 97.6 cm³/mol. The quantitative estimate of drug-likeness (QED) is 0.420. The van der Waals surface area contributed by atoms with Crippen molar-refractivity contribution in [2.75, 3.05) is 0 Å². The first-order valence-electron chi connectivity index (χ1n) is 7.83. The van der Waals surface area contributed by atoms with E-state index in [0.717, 1.165) is 16.8 Å². The van der Waals surface area contributed by atoms with Crippen molar-refractivity contribution in [3.8, 4) is 5.75 Å². The summed E-state index contributed by atoms with van der Waals surface area (Å²) in [5.41, 5.74) is 0.722. The third-order valence-corrected chi connectivity index (χ3v) is 3.56. The van der Waals surface area contributed by atoms with Crippen LogP contribution in [0.5, 0.6) is 5.75 Å². The lowest BCUT2D eigenvalue weighted by Crippen LogP contribution is -2.26. The van der Waals surface area contributed by atoms with Crippen molar-refractivity contribution in [3.05, 3.63) is 72.8 Å². The molecule has 0 unspecified atom stereocenters. The van der Waals surface area contributed by atoms with E-state index >= 15 is 0 Å². The Morgan fingerprint density at radius 1 is 0.783 bits per heavy atom. The summed E-state index contributed by atoms with van der Waals surface area (Å²) >= 11 is 0. The molecule has 116 valence electrons. The van der Waals surface area contributed by atoms with Crippen LogP contribution in [0.4, 0.5) is 5.69 Å². The van der Waals surface area contributed by atoms with Gasteiger partial charge >= 0.3 is 0 Å². The maximum atomic E-state index is 6.14. The number of nitrogens with zero attached hydrogens (tertiary/aromatic N) is 1. The van der Waals surface area contributed by atoms with E-state index in [2.05, 4.69) is 45.0 Å². The Balaban J connectivity index is 1.96. The fourth-order valence-electron chi connectivity index (χ4n) is 2.31. The normalized spacial score (nSPS) is 12.4. The number of ether oxygens (including phenoxy) is 1. The van der Waals surface area contributed by atoms with Crippen molar-refractivity contribution in [1.82, 2.24) is 0 Å². The molecule has 0 aliphatic carbocycles. The summed E-state index contributed by atoms with van der Waals surface area (Å²) in [7, 11) is 0. The molecule has 0 saturated heterocycles. The Morgan fingerprint density at radius 2 is 1.43 bits per heavy atom. The summed E-state index contributed by atoms with van der Waals surface area (Å²) in [5.74, 6) is 1.52. The number of benzene rings is 3. The highest BCUT2D eigenvalue weighted by Gasteiger charge is 2.22. The Hall–Kier alpha value is -2.61. The van der Waals surface area contributed by atoms with Crippen LogP contribution in [0.2, 0.25) is 0 Å². The molecule has 0 aromatic heterocycles. The fraction of sp³-hybridized carbons (Fsp3) is 0.190. The van der Waals surface area contributed by atoms with Gasteiger partial charge in [0.05, 0.1) is 5.69 Å². The highest BCUT2D eigenvalue weighted by Crippen LogP contribution is 2.26. The van der Waals surface area contributed by atoms with Gasteiger partial charge in [-0.2, -0.15) is 0 Å². The Bertz CT molecular complexity index is 829. The Labute approximate surface area is 137 Å². The predicted octanol–water partition coefficient (Wildman–Crippen LogP) is 5.99. The molecule has 0 saturated carbocycles. The summed E-state index contributed by atoms with van der Waals surface area (Å²) in [6.45, 7) is 6.32. The topological polar surface area (TPSA) is 21.6 Å². The van der Waals surface area contributed by atoms with Crippen LogP contribution >= 0.6 is 0 Å². The Morgan fingerprint density at radius 3 is 2.13 bits per heavy atom. The molecule has 23 heavy (non-hydrogen) atoms. The standard InChI is InChI=1S/C21H21NO/c1-21(2,3)20(22-18-11-5-4-6-12-18)23-19-14-13-16-9-7-8-10-17(16)15-19/h4-15H,1-3H3. The molecule has 0 aliphatic rings. The van der Waals surface area contributed by atoms with Crippen molar-refractivity contribution in [2.24, 2.45) is 10.4 Å². The van der Waals surface area contributed by atoms with Gasteiger partial charge in [0.25, 0.3) is 0 Å². The molecule has 0 atom stereocenters. The van der Waals surface area contributed by atoms with Gasteiger partial charge < -0.3 is 4.74 Å². The molecular weight excluding hydrogens is 282 g/mol. The molecule has 0 heterocycles. The maximum absolute atomic E-state index is 6.14. The van der Waals surface area contributed by atoms with E-state index in [4.69, 9.17) is 9.73 Å². The molecule has 0 N–H and O–H groups in total. The van der Waals surface area contributed by atoms with E-state index < -0.39 is 0 Å². The van der Waals surface area contributed by atoms with E-state index in [9.17, 15) is 0 Å². The number of aliphatic imine (C=N–C) groups is 1. The van der Waals surface area contributed by atoms with Crippen LogP contribution in [0.1, 0.15) is 20.8 Å². The van der Waals surface area contributed by atoms with Crippen molar-refractivity contribution < 1.29 is 4.74 Å². The first kappa shape index (κ1) is 15.3. The smallest absolute Gasteiger partial charge is 0.200 e. The van der Waals surface area contributed by atoms with Gasteiger partial charge in [0.1, 0.15) is 5.75 Å². The van der Waals surface area contributed by atoms with E-state index in [0.29, 0.717) is 5.90 Å². The number of hydrogen-bond donors (Lipinski definition) is 0. The average Bonchev–Trinajstić information content (AvgIpc) is 2.54. The molecule has 2 nitrogen and oxygen atoms in total. The highest BCUT2D eigenvalue weighted by molar-refractivity contribution is 5.88. The van der Waals surface area contributed by atoms with E-state index in [1.165, 1.54) is 5.39 Å². The van der Waals surface area contributed by atoms with Gasteiger partial charge in [0, 0.05) is 5.41 Å².